The highest BCUT2D eigenvalue weighted by Gasteiger charge is 2.44. The lowest BCUT2D eigenvalue weighted by Crippen LogP contribution is -2.39. The average molecular weight is 1380 g/mol. The van der Waals surface area contributed by atoms with Gasteiger partial charge in [0, 0.05) is 72.9 Å². The molecule has 2 atom stereocenters. The topological polar surface area (TPSA) is 191 Å². The molecule has 526 valence electrons. The molecule has 0 aliphatic carbocycles. The molecule has 0 bridgehead atoms. The van der Waals surface area contributed by atoms with Gasteiger partial charge in [-0.05, 0) is 148 Å². The summed E-state index contributed by atoms with van der Waals surface area (Å²) in [4.78, 5) is 70.6. The third-order valence-electron chi connectivity index (χ3n) is 18.5. The number of hydrogen-bond donors (Lipinski definition) is 1. The first-order chi connectivity index (χ1) is 48.9. The molecule has 4 aromatic heterocycles. The Morgan fingerprint density at radius 3 is 1.06 bits per heavy atom. The molecule has 103 heavy (non-hydrogen) atoms. The van der Waals surface area contributed by atoms with Gasteiger partial charge in [-0.25, -0.2) is 19.0 Å². The second-order valence-corrected chi connectivity index (χ2v) is 27.3. The van der Waals surface area contributed by atoms with E-state index in [2.05, 4.69) is 129 Å². The molecule has 0 saturated carbocycles. The Morgan fingerprint density at radius 2 is 0.738 bits per heavy atom. The lowest BCUT2D eigenvalue weighted by molar-refractivity contribution is -0.128. The number of aromatic nitrogens is 6. The molecular weight excluding hydrogens is 1290 g/mol. The van der Waals surface area contributed by atoms with Crippen LogP contribution in [-0.4, -0.2) is 113 Å². The molecule has 0 spiro atoms. The molecule has 12 aromatic rings. The zero-order chi connectivity index (χ0) is 70.5. The fourth-order valence-electron chi connectivity index (χ4n) is 13.9. The monoisotopic (exact) mass is 1380 g/mol. The second-order valence-electron chi connectivity index (χ2n) is 27.3. The summed E-state index contributed by atoms with van der Waals surface area (Å²) in [5.74, 6) is -1.74. The van der Waals surface area contributed by atoms with Crippen LogP contribution in [0.15, 0.2) is 267 Å². The van der Waals surface area contributed by atoms with E-state index in [9.17, 15) is 24.4 Å². The summed E-state index contributed by atoms with van der Waals surface area (Å²) in [6, 6.07) is 81.1. The summed E-state index contributed by atoms with van der Waals surface area (Å²) in [6.45, 7) is 12.1. The van der Waals surface area contributed by atoms with Crippen molar-refractivity contribution in [2.45, 2.75) is 91.5 Å². The number of likely N-dealkylation sites (tertiary alicyclic amines) is 2. The van der Waals surface area contributed by atoms with Crippen molar-refractivity contribution in [3.8, 4) is 22.5 Å². The maximum Gasteiger partial charge on any atom is 0.410 e. The van der Waals surface area contributed by atoms with E-state index in [1.54, 1.807) is 62.6 Å². The van der Waals surface area contributed by atoms with Crippen LogP contribution in [-0.2, 0) is 35.0 Å². The fourth-order valence-corrected chi connectivity index (χ4v) is 13.9. The van der Waals surface area contributed by atoms with Gasteiger partial charge in [-0.15, -0.1) is 0 Å². The molecule has 0 radical (unpaired) electrons. The lowest BCUT2D eigenvalue weighted by atomic mass is 9.77. The van der Waals surface area contributed by atoms with Crippen molar-refractivity contribution < 1.29 is 38.7 Å². The van der Waals surface area contributed by atoms with Crippen LogP contribution < -0.4 is 10.1 Å². The van der Waals surface area contributed by atoms with E-state index in [0.29, 0.717) is 48.1 Å². The number of carbonyl (C=O) groups is 4. The Kier molecular flexibility index (Phi) is 21.7. The lowest BCUT2D eigenvalue weighted by Gasteiger charge is -2.37. The minimum atomic E-state index is -0.890. The van der Waals surface area contributed by atoms with Gasteiger partial charge in [0.05, 0.1) is 41.4 Å². The van der Waals surface area contributed by atoms with E-state index >= 15 is 0 Å². The van der Waals surface area contributed by atoms with Crippen LogP contribution in [0.3, 0.4) is 0 Å². The van der Waals surface area contributed by atoms with Gasteiger partial charge in [-0.2, -0.15) is 20.3 Å². The highest BCUT2D eigenvalue weighted by atomic mass is 16.7. The van der Waals surface area contributed by atoms with Crippen LogP contribution in [0.4, 0.5) is 21.0 Å². The maximum absolute atomic E-state index is 14.0. The molecule has 2 fully saturated rings. The van der Waals surface area contributed by atoms with Gasteiger partial charge < -0.3 is 19.3 Å². The van der Waals surface area contributed by atoms with Crippen LogP contribution in [0.1, 0.15) is 103 Å². The molecule has 6 heterocycles. The number of nitrogens with zero attached hydrogens (tertiary/aromatic N) is 10. The summed E-state index contributed by atoms with van der Waals surface area (Å²) in [5.41, 5.74) is 8.82. The number of fused-ring (bicyclic) bond motifs is 2. The molecule has 1 N–H and O–H groups in total. The summed E-state index contributed by atoms with van der Waals surface area (Å²) < 4.78 is 15.2. The van der Waals surface area contributed by atoms with Gasteiger partial charge >= 0.3 is 12.2 Å². The molecule has 4 amide bonds. The van der Waals surface area contributed by atoms with E-state index in [-0.39, 0.29) is 33.8 Å². The average Bonchev–Trinajstić information content (AvgIpc) is 1.65. The Morgan fingerprint density at radius 1 is 0.427 bits per heavy atom. The summed E-state index contributed by atoms with van der Waals surface area (Å²) in [6.07, 6.45) is 7.00. The number of rotatable bonds is 15. The number of hydroxylamine groups is 2. The number of pyridine rings is 2. The second kappa shape index (κ2) is 30.7. The van der Waals surface area contributed by atoms with Crippen molar-refractivity contribution in [1.82, 2.24) is 39.3 Å². The fraction of sp³-hybridized carbons (Fsp3) is 0.247. The van der Waals surface area contributed by atoms with Gasteiger partial charge in [-0.3, -0.25) is 29.6 Å². The van der Waals surface area contributed by atoms with Crippen molar-refractivity contribution in [1.29, 1.82) is 0 Å². The normalized spacial score (nSPS) is 14.6. The highest BCUT2D eigenvalue weighted by Crippen LogP contribution is 2.47. The van der Waals surface area contributed by atoms with Gasteiger partial charge in [0.1, 0.15) is 33.7 Å². The zero-order valence-corrected chi connectivity index (χ0v) is 57.6. The van der Waals surface area contributed by atoms with Crippen molar-refractivity contribution in [3.63, 3.8) is 0 Å². The zero-order valence-electron chi connectivity index (χ0n) is 57.6. The first kappa shape index (κ1) is 72.6. The Hall–Kier alpha value is -11.6. The Labute approximate surface area is 602 Å². The number of carbonyl (C=O) groups excluding carboxylic acids is 4. The van der Waals surface area contributed by atoms with Crippen molar-refractivity contribution >= 4 is 57.2 Å². The summed E-state index contributed by atoms with van der Waals surface area (Å²) in [5, 5.41) is 25.9. The summed E-state index contributed by atoms with van der Waals surface area (Å²) in [7, 11) is 1.49. The minimum Gasteiger partial charge on any atom is -0.444 e. The Balaban J connectivity index is 0.000000203. The van der Waals surface area contributed by atoms with Crippen LogP contribution in [0.25, 0.3) is 44.3 Å². The van der Waals surface area contributed by atoms with E-state index in [1.807, 2.05) is 142 Å². The number of amides is 4. The highest BCUT2D eigenvalue weighted by molar-refractivity contribution is 6.02. The molecule has 18 nitrogen and oxygen atoms in total. The maximum atomic E-state index is 14.0. The largest absolute Gasteiger partial charge is 0.444 e. The smallest absolute Gasteiger partial charge is 0.410 e. The van der Waals surface area contributed by atoms with Gasteiger partial charge in [-0.1, -0.05) is 197 Å². The van der Waals surface area contributed by atoms with Crippen molar-refractivity contribution in [2.24, 2.45) is 11.8 Å². The predicted molar refractivity (Wildman–Crippen MR) is 404 cm³/mol. The van der Waals surface area contributed by atoms with Crippen LogP contribution in [0, 0.1) is 11.8 Å². The molecule has 1 unspecified atom stereocenters. The molecule has 14 rings (SSSR count). The number of anilines is 2. The minimum absolute atomic E-state index is 0. The van der Waals surface area contributed by atoms with E-state index in [4.69, 9.17) is 24.5 Å². The number of ether oxygens (including phenoxy) is 2. The third-order valence-corrected chi connectivity index (χ3v) is 18.5. The van der Waals surface area contributed by atoms with Crippen molar-refractivity contribution in [2.75, 3.05) is 43.4 Å². The number of benzene rings is 8. The summed E-state index contributed by atoms with van der Waals surface area (Å²) >= 11 is 0. The van der Waals surface area contributed by atoms with E-state index in [0.717, 1.165) is 72.0 Å². The molecular formula is C85H88N10O8. The first-order valence-corrected chi connectivity index (χ1v) is 33.9. The van der Waals surface area contributed by atoms with Gasteiger partial charge in [0.2, 0.25) is 0 Å². The molecule has 2 aliphatic heterocycles. The van der Waals surface area contributed by atoms with Crippen LogP contribution >= 0.6 is 0 Å². The SMILES string of the molecule is C.C.CC(C)(C)OC(=O)N1CC[C@@H](C(=O)N(O)c2ccc3c(c2)c(-c2ccncc2)nn3C(c2ccccc2)(c2ccccc2)c2ccccc2)C1.CON(C(=O)C1CCN(C(=O)OC(C)(C)C)C1)c1ccc2c(c1)c(-c1ccncc1)nn2C(c1ccccc1)(c1ccccc1)c1ccccc1. The van der Waals surface area contributed by atoms with E-state index in [1.165, 1.54) is 17.1 Å². The Bertz CT molecular complexity index is 4670. The standard InChI is InChI=1S/C42H41N5O4.C41H39N5O4.2CH4/c1-41(2,3)51-40(49)45-27-24-31(29-45)39(48)46(50-4)35-20-21-37-36(28-35)38(30-22-25-43-26-23-30)44-47(37)42(32-14-8-5-9-15-32,33-16-10-6-11-17-33)34-18-12-7-13-19-34;1-40(2,3)50-39(48)44-26-23-30(28-44)38(47)45(49)34-19-20-36-35(27-34)37(29-21-24-42-25-22-29)43-46(36)41(31-13-7-4-8-14-31,32-15-9-5-10-16-32)33-17-11-6-12-18-33;;/h5-23,25-26,28,31H,24,27,29H2,1-4H3;4-22,24-25,27,30,49H,23,26,28H2,1-3H3;2*1H4/t;30-;;/m.1../s1. The predicted octanol–water partition coefficient (Wildman–Crippen LogP) is 17.3. The number of hydrogen-bond acceptors (Lipinski definition) is 12. The molecule has 2 saturated heterocycles. The first-order valence-electron chi connectivity index (χ1n) is 33.9. The molecule has 18 heteroatoms. The van der Waals surface area contributed by atoms with Gasteiger partial charge in [0.15, 0.2) is 0 Å². The third kappa shape index (κ3) is 14.5. The van der Waals surface area contributed by atoms with Crippen LogP contribution in [0.5, 0.6) is 0 Å². The van der Waals surface area contributed by atoms with E-state index < -0.39 is 52.2 Å². The van der Waals surface area contributed by atoms with Gasteiger partial charge in [0.25, 0.3) is 11.8 Å². The van der Waals surface area contributed by atoms with Crippen LogP contribution in [0.2, 0.25) is 0 Å². The molecule has 2 aliphatic rings. The van der Waals surface area contributed by atoms with Crippen molar-refractivity contribution in [3.05, 3.63) is 301 Å². The quantitative estimate of drug-likeness (QED) is 0.0581. The molecule has 8 aromatic carbocycles.